The lowest BCUT2D eigenvalue weighted by Crippen LogP contribution is -3.12. The molecule has 6 nitrogen and oxygen atoms in total. The third kappa shape index (κ3) is 4.89. The van der Waals surface area contributed by atoms with Crippen LogP contribution >= 0.6 is 23.2 Å². The maximum atomic E-state index is 12.2. The molecule has 1 saturated heterocycles. The third-order valence-electron chi connectivity index (χ3n) is 4.03. The normalized spacial score (nSPS) is 16.0. The van der Waals surface area contributed by atoms with Gasteiger partial charge in [-0.1, -0.05) is 23.2 Å². The Hall–Kier alpha value is -1.73. The Balaban J connectivity index is 1.54. The van der Waals surface area contributed by atoms with Gasteiger partial charge in [-0.3, -0.25) is 10.2 Å². The molecule has 0 aliphatic carbocycles. The zero-order valence-electron chi connectivity index (χ0n) is 13.9. The molecule has 1 aliphatic heterocycles. The van der Waals surface area contributed by atoms with E-state index in [9.17, 15) is 4.79 Å². The fraction of sp³-hybridized carbons (Fsp3) is 0.353. The Bertz CT molecular complexity index is 742. The summed E-state index contributed by atoms with van der Waals surface area (Å²) in [4.78, 5) is 13.7. The molecule has 0 radical (unpaired) electrons. The van der Waals surface area contributed by atoms with Crippen LogP contribution in [-0.4, -0.2) is 44.1 Å². The molecule has 0 atom stereocenters. The Labute approximate surface area is 156 Å². The van der Waals surface area contributed by atoms with Crippen LogP contribution in [0.1, 0.15) is 16.3 Å². The SMILES string of the molecule is C[NH+]1CCN(NC(=O)c2ccc(COc3ccc(Cl)cc3Cl)o2)CC1. The number of nitrogens with zero attached hydrogens (tertiary/aromatic N) is 1. The second-order valence-corrected chi connectivity index (χ2v) is 6.86. The first kappa shape index (κ1) is 18.1. The number of ether oxygens (including phenoxy) is 1. The molecule has 3 rings (SSSR count). The summed E-state index contributed by atoms with van der Waals surface area (Å²) in [5.41, 5.74) is 2.87. The topological polar surface area (TPSA) is 59.2 Å². The number of piperazine rings is 1. The first-order chi connectivity index (χ1) is 12.0. The Morgan fingerprint density at radius 1 is 1.28 bits per heavy atom. The largest absolute Gasteiger partial charge is 0.484 e. The van der Waals surface area contributed by atoms with Gasteiger partial charge in [-0.15, -0.1) is 0 Å². The number of likely N-dealkylation sites (N-methyl/N-ethyl adjacent to an activating group) is 1. The molecule has 0 bridgehead atoms. The second-order valence-electron chi connectivity index (χ2n) is 6.01. The lowest BCUT2D eigenvalue weighted by atomic mass is 10.3. The quantitative estimate of drug-likeness (QED) is 0.822. The van der Waals surface area contributed by atoms with Crippen LogP contribution < -0.4 is 15.1 Å². The molecule has 2 heterocycles. The van der Waals surface area contributed by atoms with E-state index >= 15 is 0 Å². The summed E-state index contributed by atoms with van der Waals surface area (Å²) in [6.45, 7) is 3.82. The predicted octanol–water partition coefficient (Wildman–Crippen LogP) is 1.64. The van der Waals surface area contributed by atoms with Crippen molar-refractivity contribution < 1.29 is 18.8 Å². The Morgan fingerprint density at radius 3 is 2.76 bits per heavy atom. The van der Waals surface area contributed by atoms with Crippen molar-refractivity contribution in [3.05, 3.63) is 51.9 Å². The highest BCUT2D eigenvalue weighted by Gasteiger charge is 2.20. The summed E-state index contributed by atoms with van der Waals surface area (Å²) >= 11 is 11.9. The molecule has 1 aromatic carbocycles. The maximum Gasteiger partial charge on any atom is 0.301 e. The van der Waals surface area contributed by atoms with Gasteiger partial charge in [0.25, 0.3) is 0 Å². The highest BCUT2D eigenvalue weighted by molar-refractivity contribution is 6.35. The van der Waals surface area contributed by atoms with Crippen molar-refractivity contribution >= 4 is 29.1 Å². The fourth-order valence-corrected chi connectivity index (χ4v) is 2.98. The lowest BCUT2D eigenvalue weighted by Gasteiger charge is -2.29. The van der Waals surface area contributed by atoms with E-state index < -0.39 is 0 Å². The van der Waals surface area contributed by atoms with Crippen LogP contribution in [0.15, 0.2) is 34.7 Å². The summed E-state index contributed by atoms with van der Waals surface area (Å²) in [6.07, 6.45) is 0. The molecule has 2 aromatic rings. The number of benzene rings is 1. The minimum atomic E-state index is -0.254. The van der Waals surface area contributed by atoms with Crippen molar-refractivity contribution in [3.8, 4) is 5.75 Å². The summed E-state index contributed by atoms with van der Waals surface area (Å²) in [5, 5.41) is 2.88. The van der Waals surface area contributed by atoms with E-state index in [1.807, 2.05) is 5.01 Å². The molecular weight excluding hydrogens is 365 g/mol. The standard InChI is InChI=1S/C17H19Cl2N3O3/c1-21-6-8-22(9-7-21)20-17(23)16-5-3-13(25-16)11-24-15-4-2-12(18)10-14(15)19/h2-5,10H,6-9,11H2,1H3,(H,20,23)/p+1. The molecule has 1 fully saturated rings. The van der Waals surface area contributed by atoms with E-state index in [-0.39, 0.29) is 18.3 Å². The minimum absolute atomic E-state index is 0.173. The molecule has 0 spiro atoms. The smallest absolute Gasteiger partial charge is 0.301 e. The second kappa shape index (κ2) is 8.10. The highest BCUT2D eigenvalue weighted by atomic mass is 35.5. The molecule has 25 heavy (non-hydrogen) atoms. The summed E-state index contributed by atoms with van der Waals surface area (Å²) in [5.74, 6) is 1.05. The van der Waals surface area contributed by atoms with Crippen LogP contribution in [0.2, 0.25) is 10.0 Å². The van der Waals surface area contributed by atoms with E-state index in [4.69, 9.17) is 32.4 Å². The number of furan rings is 1. The molecule has 0 saturated carbocycles. The number of hydrogen-bond acceptors (Lipinski definition) is 4. The molecule has 1 amide bonds. The van der Waals surface area contributed by atoms with Crippen LogP contribution in [0.4, 0.5) is 0 Å². The third-order valence-corrected chi connectivity index (χ3v) is 4.56. The van der Waals surface area contributed by atoms with Gasteiger partial charge in [-0.05, 0) is 30.3 Å². The van der Waals surface area contributed by atoms with Crippen molar-refractivity contribution in [3.63, 3.8) is 0 Å². The zero-order valence-corrected chi connectivity index (χ0v) is 15.4. The van der Waals surface area contributed by atoms with Gasteiger partial charge in [0.15, 0.2) is 5.76 Å². The summed E-state index contributed by atoms with van der Waals surface area (Å²) in [6, 6.07) is 8.35. The van der Waals surface area contributed by atoms with Crippen molar-refractivity contribution in [2.45, 2.75) is 6.61 Å². The van der Waals surface area contributed by atoms with Crippen molar-refractivity contribution in [2.75, 3.05) is 33.2 Å². The first-order valence-corrected chi connectivity index (χ1v) is 8.80. The molecule has 1 aliphatic rings. The van der Waals surface area contributed by atoms with Gasteiger partial charge in [-0.2, -0.15) is 0 Å². The molecule has 1 aromatic heterocycles. The monoisotopic (exact) mass is 384 g/mol. The van der Waals surface area contributed by atoms with Crippen LogP contribution in [0.5, 0.6) is 5.75 Å². The number of carbonyl (C=O) groups excluding carboxylic acids is 1. The number of hydrogen-bond donors (Lipinski definition) is 2. The van der Waals surface area contributed by atoms with E-state index in [0.717, 1.165) is 26.2 Å². The first-order valence-electron chi connectivity index (χ1n) is 8.05. The molecular formula is C17H20Cl2N3O3+. The van der Waals surface area contributed by atoms with Crippen molar-refractivity contribution in [2.24, 2.45) is 0 Å². The van der Waals surface area contributed by atoms with E-state index in [0.29, 0.717) is 21.6 Å². The van der Waals surface area contributed by atoms with E-state index in [1.54, 1.807) is 30.3 Å². The lowest BCUT2D eigenvalue weighted by molar-refractivity contribution is -0.884. The van der Waals surface area contributed by atoms with Gasteiger partial charge in [0.05, 0.1) is 38.2 Å². The molecule has 0 unspecified atom stereocenters. The summed E-state index contributed by atoms with van der Waals surface area (Å²) in [7, 11) is 2.14. The minimum Gasteiger partial charge on any atom is -0.484 e. The van der Waals surface area contributed by atoms with Crippen molar-refractivity contribution in [1.29, 1.82) is 0 Å². The average molecular weight is 385 g/mol. The van der Waals surface area contributed by atoms with Crippen LogP contribution in [0.25, 0.3) is 0 Å². The van der Waals surface area contributed by atoms with Gasteiger partial charge >= 0.3 is 5.91 Å². The number of rotatable bonds is 5. The van der Waals surface area contributed by atoms with Gasteiger partial charge in [0, 0.05) is 5.02 Å². The van der Waals surface area contributed by atoms with Crippen LogP contribution in [0.3, 0.4) is 0 Å². The number of hydrazine groups is 1. The zero-order chi connectivity index (χ0) is 17.8. The fourth-order valence-electron chi connectivity index (χ4n) is 2.52. The Morgan fingerprint density at radius 2 is 2.04 bits per heavy atom. The number of quaternary nitrogens is 1. The molecule has 8 heteroatoms. The van der Waals surface area contributed by atoms with Crippen LogP contribution in [-0.2, 0) is 6.61 Å². The van der Waals surface area contributed by atoms with Gasteiger partial charge < -0.3 is 14.1 Å². The Kier molecular flexibility index (Phi) is 5.86. The number of nitrogens with one attached hydrogen (secondary N) is 2. The summed E-state index contributed by atoms with van der Waals surface area (Å²) < 4.78 is 11.2. The van der Waals surface area contributed by atoms with Crippen LogP contribution in [0, 0.1) is 0 Å². The molecule has 2 N–H and O–H groups in total. The average Bonchev–Trinajstić information content (AvgIpc) is 3.05. The molecule has 134 valence electrons. The van der Waals surface area contributed by atoms with E-state index in [2.05, 4.69) is 12.5 Å². The predicted molar refractivity (Wildman–Crippen MR) is 95.2 cm³/mol. The van der Waals surface area contributed by atoms with Gasteiger partial charge in [0.2, 0.25) is 0 Å². The number of amides is 1. The van der Waals surface area contributed by atoms with Gasteiger partial charge in [0.1, 0.15) is 18.1 Å². The number of carbonyl (C=O) groups is 1. The number of halogens is 2. The van der Waals surface area contributed by atoms with E-state index in [1.165, 1.54) is 4.90 Å². The highest BCUT2D eigenvalue weighted by Crippen LogP contribution is 2.28. The van der Waals surface area contributed by atoms with Crippen molar-refractivity contribution in [1.82, 2.24) is 10.4 Å². The maximum absolute atomic E-state index is 12.2. The van der Waals surface area contributed by atoms with Gasteiger partial charge in [-0.25, -0.2) is 5.01 Å².